The molecule has 5 nitrogen and oxygen atoms in total. The smallest absolute Gasteiger partial charge is 0.311 e. The van der Waals surface area contributed by atoms with E-state index in [4.69, 9.17) is 11.6 Å². The summed E-state index contributed by atoms with van der Waals surface area (Å²) in [5, 5.41) is 9.89. The van der Waals surface area contributed by atoms with E-state index in [2.05, 4.69) is 4.98 Å². The number of carbonyl (C=O) groups is 2. The SMILES string of the molecule is CCC1(C(=O)O)CCCN(C(=O)c2ccc(Cl)cn2)C1. The molecule has 0 radical (unpaired) electrons. The van der Waals surface area contributed by atoms with Gasteiger partial charge in [-0.2, -0.15) is 0 Å². The van der Waals surface area contributed by atoms with Gasteiger partial charge in [0.25, 0.3) is 5.91 Å². The lowest BCUT2D eigenvalue weighted by atomic mass is 9.77. The van der Waals surface area contributed by atoms with Crippen molar-refractivity contribution in [2.24, 2.45) is 5.41 Å². The highest BCUT2D eigenvalue weighted by molar-refractivity contribution is 6.30. The number of pyridine rings is 1. The summed E-state index contributed by atoms with van der Waals surface area (Å²) in [6.45, 7) is 2.66. The second kappa shape index (κ2) is 5.79. The van der Waals surface area contributed by atoms with E-state index in [1.807, 2.05) is 6.92 Å². The highest BCUT2D eigenvalue weighted by atomic mass is 35.5. The number of hydrogen-bond acceptors (Lipinski definition) is 3. The number of carboxylic acid groups (broad SMARTS) is 1. The molecule has 1 atom stereocenters. The molecule has 20 heavy (non-hydrogen) atoms. The topological polar surface area (TPSA) is 70.5 Å². The molecule has 1 saturated heterocycles. The molecule has 1 aromatic heterocycles. The van der Waals surface area contributed by atoms with Gasteiger partial charge in [0.2, 0.25) is 0 Å². The summed E-state index contributed by atoms with van der Waals surface area (Å²) < 4.78 is 0. The minimum atomic E-state index is -0.833. The predicted octanol–water partition coefficient (Wildman–Crippen LogP) is 2.45. The zero-order valence-corrected chi connectivity index (χ0v) is 12.1. The summed E-state index contributed by atoms with van der Waals surface area (Å²) >= 11 is 5.75. The van der Waals surface area contributed by atoms with Crippen molar-refractivity contribution in [3.8, 4) is 0 Å². The molecule has 1 aliphatic rings. The normalized spacial score (nSPS) is 22.6. The molecule has 1 amide bonds. The third-order valence-electron chi connectivity index (χ3n) is 3.94. The van der Waals surface area contributed by atoms with E-state index in [0.29, 0.717) is 36.5 Å². The van der Waals surface area contributed by atoms with Crippen molar-refractivity contribution in [1.29, 1.82) is 0 Å². The van der Waals surface area contributed by atoms with E-state index in [0.717, 1.165) is 0 Å². The van der Waals surface area contributed by atoms with E-state index >= 15 is 0 Å². The van der Waals surface area contributed by atoms with Crippen LogP contribution in [-0.4, -0.2) is 40.0 Å². The van der Waals surface area contributed by atoms with Crippen molar-refractivity contribution in [2.45, 2.75) is 26.2 Å². The van der Waals surface area contributed by atoms with Gasteiger partial charge in [-0.05, 0) is 31.4 Å². The summed E-state index contributed by atoms with van der Waals surface area (Å²) in [7, 11) is 0. The number of carbonyl (C=O) groups excluding carboxylic acids is 1. The van der Waals surface area contributed by atoms with Crippen molar-refractivity contribution in [3.63, 3.8) is 0 Å². The number of rotatable bonds is 3. The number of aromatic nitrogens is 1. The van der Waals surface area contributed by atoms with Crippen molar-refractivity contribution in [2.75, 3.05) is 13.1 Å². The summed E-state index contributed by atoms with van der Waals surface area (Å²) in [6.07, 6.45) is 3.24. The first kappa shape index (κ1) is 14.8. The van der Waals surface area contributed by atoms with Gasteiger partial charge in [-0.1, -0.05) is 18.5 Å². The fourth-order valence-corrected chi connectivity index (χ4v) is 2.70. The number of amides is 1. The quantitative estimate of drug-likeness (QED) is 0.930. The van der Waals surface area contributed by atoms with Crippen LogP contribution in [0.5, 0.6) is 0 Å². The highest BCUT2D eigenvalue weighted by Gasteiger charge is 2.42. The van der Waals surface area contributed by atoms with Crippen LogP contribution in [0.4, 0.5) is 0 Å². The second-order valence-corrected chi connectivity index (χ2v) is 5.57. The molecule has 1 N–H and O–H groups in total. The molecule has 0 bridgehead atoms. The number of piperidine rings is 1. The minimum Gasteiger partial charge on any atom is -0.481 e. The van der Waals surface area contributed by atoms with Gasteiger partial charge in [-0.3, -0.25) is 9.59 Å². The van der Waals surface area contributed by atoms with Gasteiger partial charge in [0, 0.05) is 19.3 Å². The lowest BCUT2D eigenvalue weighted by Crippen LogP contribution is -2.49. The van der Waals surface area contributed by atoms with Crippen molar-refractivity contribution in [1.82, 2.24) is 9.88 Å². The maximum absolute atomic E-state index is 12.4. The van der Waals surface area contributed by atoms with E-state index in [-0.39, 0.29) is 12.5 Å². The van der Waals surface area contributed by atoms with Crippen LogP contribution in [0.1, 0.15) is 36.7 Å². The molecule has 0 spiro atoms. The van der Waals surface area contributed by atoms with Crippen LogP contribution in [0.25, 0.3) is 0 Å². The van der Waals surface area contributed by atoms with E-state index in [1.165, 1.54) is 6.20 Å². The Bertz CT molecular complexity index is 518. The summed E-state index contributed by atoms with van der Waals surface area (Å²) in [6, 6.07) is 3.17. The summed E-state index contributed by atoms with van der Waals surface area (Å²) in [5.74, 6) is -1.07. The van der Waals surface area contributed by atoms with Gasteiger partial charge in [0.15, 0.2) is 0 Å². The van der Waals surface area contributed by atoms with Crippen LogP contribution in [0.3, 0.4) is 0 Å². The van der Waals surface area contributed by atoms with E-state index in [9.17, 15) is 14.7 Å². The number of carboxylic acids is 1. The lowest BCUT2D eigenvalue weighted by Gasteiger charge is -2.39. The first-order chi connectivity index (χ1) is 9.48. The van der Waals surface area contributed by atoms with E-state index < -0.39 is 11.4 Å². The minimum absolute atomic E-state index is 0.236. The Morgan fingerprint density at radius 3 is 2.80 bits per heavy atom. The Kier molecular flexibility index (Phi) is 4.28. The second-order valence-electron chi connectivity index (χ2n) is 5.13. The maximum Gasteiger partial charge on any atom is 0.311 e. The maximum atomic E-state index is 12.4. The Balaban J connectivity index is 2.18. The van der Waals surface area contributed by atoms with Crippen LogP contribution in [-0.2, 0) is 4.79 Å². The van der Waals surface area contributed by atoms with E-state index in [1.54, 1.807) is 17.0 Å². The molecule has 0 aliphatic carbocycles. The molecular weight excluding hydrogens is 280 g/mol. The first-order valence-corrected chi connectivity index (χ1v) is 7.00. The molecule has 2 rings (SSSR count). The Hall–Kier alpha value is -1.62. The third-order valence-corrected chi connectivity index (χ3v) is 4.16. The van der Waals surface area contributed by atoms with Crippen molar-refractivity contribution < 1.29 is 14.7 Å². The van der Waals surface area contributed by atoms with Crippen molar-refractivity contribution >= 4 is 23.5 Å². The number of hydrogen-bond donors (Lipinski definition) is 1. The van der Waals surface area contributed by atoms with Gasteiger partial charge in [0.1, 0.15) is 5.69 Å². The molecule has 1 unspecified atom stereocenters. The fraction of sp³-hybridized carbons (Fsp3) is 0.500. The zero-order chi connectivity index (χ0) is 14.8. The fourth-order valence-electron chi connectivity index (χ4n) is 2.58. The first-order valence-electron chi connectivity index (χ1n) is 6.63. The van der Waals surface area contributed by atoms with Crippen LogP contribution in [0.2, 0.25) is 5.02 Å². The molecule has 1 fully saturated rings. The molecule has 2 heterocycles. The molecule has 1 aromatic rings. The molecular formula is C14H17ClN2O3. The van der Waals surface area contributed by atoms with Gasteiger partial charge < -0.3 is 10.0 Å². The number of likely N-dealkylation sites (tertiary alicyclic amines) is 1. The van der Waals surface area contributed by atoms with Gasteiger partial charge in [-0.25, -0.2) is 4.98 Å². The zero-order valence-electron chi connectivity index (χ0n) is 11.3. The van der Waals surface area contributed by atoms with Crippen LogP contribution < -0.4 is 0 Å². The lowest BCUT2D eigenvalue weighted by molar-refractivity contribution is -0.152. The average molecular weight is 297 g/mol. The summed E-state index contributed by atoms with van der Waals surface area (Å²) in [5.41, 5.74) is -0.535. The largest absolute Gasteiger partial charge is 0.481 e. The summed E-state index contributed by atoms with van der Waals surface area (Å²) in [4.78, 5) is 29.4. The average Bonchev–Trinajstić information content (AvgIpc) is 2.47. The van der Waals surface area contributed by atoms with Crippen LogP contribution >= 0.6 is 11.6 Å². The number of aliphatic carboxylic acids is 1. The molecule has 6 heteroatoms. The Morgan fingerprint density at radius 2 is 2.25 bits per heavy atom. The van der Waals surface area contributed by atoms with Gasteiger partial charge in [0.05, 0.1) is 10.4 Å². The molecule has 108 valence electrons. The third kappa shape index (κ3) is 2.77. The van der Waals surface area contributed by atoms with Crippen LogP contribution in [0.15, 0.2) is 18.3 Å². The Labute approximate surface area is 122 Å². The highest BCUT2D eigenvalue weighted by Crippen LogP contribution is 2.34. The van der Waals surface area contributed by atoms with Crippen molar-refractivity contribution in [3.05, 3.63) is 29.0 Å². The molecule has 0 saturated carbocycles. The van der Waals surface area contributed by atoms with Gasteiger partial charge >= 0.3 is 5.97 Å². The number of nitrogens with zero attached hydrogens (tertiary/aromatic N) is 2. The molecule has 0 aromatic carbocycles. The van der Waals surface area contributed by atoms with Crippen LogP contribution in [0, 0.1) is 5.41 Å². The Morgan fingerprint density at radius 1 is 1.50 bits per heavy atom. The number of halogens is 1. The predicted molar refractivity (Wildman–Crippen MR) is 74.7 cm³/mol. The standard InChI is InChI=1S/C14H17ClN2O3/c1-2-14(13(19)20)6-3-7-17(9-14)12(18)11-5-4-10(15)8-16-11/h4-5,8H,2-3,6-7,9H2,1H3,(H,19,20). The van der Waals surface area contributed by atoms with Gasteiger partial charge in [-0.15, -0.1) is 0 Å². The monoisotopic (exact) mass is 296 g/mol. The molecule has 1 aliphatic heterocycles.